The molecular formula is C22H12BrCl2FN2O2S. The molecule has 4 nitrogen and oxygen atoms in total. The molecule has 156 valence electrons. The van der Waals surface area contributed by atoms with E-state index < -0.39 is 17.6 Å². The molecule has 0 aliphatic carbocycles. The first-order valence-corrected chi connectivity index (χ1v) is 11.2. The van der Waals surface area contributed by atoms with Crippen molar-refractivity contribution in [1.82, 2.24) is 0 Å². The lowest BCUT2D eigenvalue weighted by Gasteiger charge is -2.15. The fourth-order valence-electron chi connectivity index (χ4n) is 2.87. The second-order valence-corrected chi connectivity index (χ2v) is 9.28. The Morgan fingerprint density at radius 2 is 1.58 bits per heavy atom. The number of hydrogen-bond donors (Lipinski definition) is 1. The summed E-state index contributed by atoms with van der Waals surface area (Å²) in [5.41, 5.74) is 0.934. The number of nitrogens with one attached hydrogen (secondary N) is 1. The molecule has 0 saturated heterocycles. The van der Waals surface area contributed by atoms with E-state index in [2.05, 4.69) is 21.2 Å². The molecule has 31 heavy (non-hydrogen) atoms. The van der Waals surface area contributed by atoms with Gasteiger partial charge in [-0.1, -0.05) is 50.9 Å². The Bertz CT molecular complexity index is 1150. The minimum Gasteiger partial charge on any atom is -0.350 e. The van der Waals surface area contributed by atoms with Crippen LogP contribution < -0.4 is 10.2 Å². The highest BCUT2D eigenvalue weighted by Gasteiger charge is 2.40. The van der Waals surface area contributed by atoms with Gasteiger partial charge in [-0.05, 0) is 66.7 Å². The van der Waals surface area contributed by atoms with E-state index in [0.29, 0.717) is 10.7 Å². The Morgan fingerprint density at radius 1 is 0.903 bits per heavy atom. The summed E-state index contributed by atoms with van der Waals surface area (Å²) in [5.74, 6) is -1.74. The van der Waals surface area contributed by atoms with Crippen molar-refractivity contribution >= 4 is 74.1 Å². The van der Waals surface area contributed by atoms with E-state index in [9.17, 15) is 14.0 Å². The van der Waals surface area contributed by atoms with Crippen molar-refractivity contribution in [3.8, 4) is 0 Å². The van der Waals surface area contributed by atoms with Crippen LogP contribution in [-0.4, -0.2) is 11.8 Å². The lowest BCUT2D eigenvalue weighted by Crippen LogP contribution is -2.32. The molecule has 0 atom stereocenters. The zero-order valence-electron chi connectivity index (χ0n) is 15.5. The summed E-state index contributed by atoms with van der Waals surface area (Å²) in [6, 6.07) is 17.8. The summed E-state index contributed by atoms with van der Waals surface area (Å²) in [6.07, 6.45) is 0. The zero-order valence-corrected chi connectivity index (χ0v) is 19.4. The van der Waals surface area contributed by atoms with Crippen molar-refractivity contribution in [2.45, 2.75) is 4.90 Å². The molecule has 0 saturated carbocycles. The van der Waals surface area contributed by atoms with Gasteiger partial charge in [0, 0.05) is 20.1 Å². The van der Waals surface area contributed by atoms with E-state index in [1.807, 2.05) is 12.1 Å². The molecule has 1 heterocycles. The van der Waals surface area contributed by atoms with Crippen molar-refractivity contribution < 1.29 is 14.0 Å². The van der Waals surface area contributed by atoms with Gasteiger partial charge in [-0.25, -0.2) is 9.29 Å². The number of anilines is 2. The van der Waals surface area contributed by atoms with Crippen LogP contribution >= 0.6 is 50.9 Å². The standard InChI is InChI=1S/C22H12BrCl2FN2O2S/c23-12-1-5-14(6-2-12)27-19-20(31-16-8-3-13(24)4-9-16)22(30)28(21(19)29)15-7-10-18(26)17(25)11-15/h1-11,27H. The van der Waals surface area contributed by atoms with Crippen LogP contribution in [0.4, 0.5) is 15.8 Å². The number of rotatable bonds is 5. The molecule has 0 aromatic heterocycles. The van der Waals surface area contributed by atoms with Gasteiger partial charge in [0.05, 0.1) is 10.7 Å². The predicted molar refractivity (Wildman–Crippen MR) is 126 cm³/mol. The van der Waals surface area contributed by atoms with Crippen LogP contribution in [0, 0.1) is 5.82 Å². The van der Waals surface area contributed by atoms with Crippen LogP contribution in [0.25, 0.3) is 0 Å². The Kier molecular flexibility index (Phi) is 6.39. The molecule has 0 radical (unpaired) electrons. The molecule has 0 unspecified atom stereocenters. The Hall–Kier alpha value is -2.32. The first kappa shape index (κ1) is 21.9. The Balaban J connectivity index is 1.74. The number of halogens is 4. The van der Waals surface area contributed by atoms with Gasteiger partial charge in [0.25, 0.3) is 11.8 Å². The summed E-state index contributed by atoms with van der Waals surface area (Å²) >= 11 is 16.3. The lowest BCUT2D eigenvalue weighted by molar-refractivity contribution is -0.120. The van der Waals surface area contributed by atoms with Gasteiger partial charge in [0.15, 0.2) is 0 Å². The monoisotopic (exact) mass is 536 g/mol. The van der Waals surface area contributed by atoms with Crippen molar-refractivity contribution in [1.29, 1.82) is 0 Å². The van der Waals surface area contributed by atoms with Gasteiger partial charge in [0.1, 0.15) is 16.4 Å². The highest BCUT2D eigenvalue weighted by Crippen LogP contribution is 2.39. The molecule has 4 rings (SSSR count). The molecular weight excluding hydrogens is 526 g/mol. The lowest BCUT2D eigenvalue weighted by atomic mass is 10.2. The van der Waals surface area contributed by atoms with Crippen molar-refractivity contribution in [2.24, 2.45) is 0 Å². The molecule has 3 aromatic carbocycles. The van der Waals surface area contributed by atoms with E-state index in [1.165, 1.54) is 12.1 Å². The van der Waals surface area contributed by atoms with Crippen LogP contribution in [0.3, 0.4) is 0 Å². The van der Waals surface area contributed by atoms with Crippen LogP contribution in [0.2, 0.25) is 10.0 Å². The second kappa shape index (κ2) is 9.04. The molecule has 0 bridgehead atoms. The van der Waals surface area contributed by atoms with E-state index in [0.717, 1.165) is 32.1 Å². The molecule has 9 heteroatoms. The quantitative estimate of drug-likeness (QED) is 0.360. The molecule has 0 fully saturated rings. The van der Waals surface area contributed by atoms with E-state index in [-0.39, 0.29) is 21.3 Å². The topological polar surface area (TPSA) is 49.4 Å². The second-order valence-electron chi connectivity index (χ2n) is 6.44. The van der Waals surface area contributed by atoms with E-state index in [1.54, 1.807) is 36.4 Å². The smallest absolute Gasteiger partial charge is 0.283 e. The average molecular weight is 538 g/mol. The van der Waals surface area contributed by atoms with Gasteiger partial charge in [-0.3, -0.25) is 9.59 Å². The first-order chi connectivity index (χ1) is 14.8. The Morgan fingerprint density at radius 3 is 2.23 bits per heavy atom. The number of benzene rings is 3. The maximum Gasteiger partial charge on any atom is 0.283 e. The largest absolute Gasteiger partial charge is 0.350 e. The van der Waals surface area contributed by atoms with Gasteiger partial charge >= 0.3 is 0 Å². The highest BCUT2D eigenvalue weighted by atomic mass is 79.9. The van der Waals surface area contributed by atoms with Crippen LogP contribution in [0.1, 0.15) is 0 Å². The van der Waals surface area contributed by atoms with Crippen molar-refractivity contribution in [3.63, 3.8) is 0 Å². The summed E-state index contributed by atoms with van der Waals surface area (Å²) in [6.45, 7) is 0. The van der Waals surface area contributed by atoms with Crippen LogP contribution in [-0.2, 0) is 9.59 Å². The van der Waals surface area contributed by atoms with E-state index >= 15 is 0 Å². The number of hydrogen-bond acceptors (Lipinski definition) is 4. The minimum atomic E-state index is -0.638. The molecule has 0 spiro atoms. The fraction of sp³-hybridized carbons (Fsp3) is 0. The summed E-state index contributed by atoms with van der Waals surface area (Å²) in [4.78, 5) is 28.4. The van der Waals surface area contributed by atoms with Crippen LogP contribution in [0.15, 0.2) is 86.7 Å². The van der Waals surface area contributed by atoms with Gasteiger partial charge in [-0.2, -0.15) is 0 Å². The predicted octanol–water partition coefficient (Wildman–Crippen LogP) is 6.88. The maximum atomic E-state index is 13.6. The van der Waals surface area contributed by atoms with Crippen LogP contribution in [0.5, 0.6) is 0 Å². The third-order valence-corrected chi connectivity index (χ3v) is 6.51. The zero-order chi connectivity index (χ0) is 22.1. The Labute approximate surface area is 200 Å². The number of nitrogens with zero attached hydrogens (tertiary/aromatic N) is 1. The number of carbonyl (C=O) groups is 2. The van der Waals surface area contributed by atoms with Gasteiger partial charge < -0.3 is 5.32 Å². The van der Waals surface area contributed by atoms with Crippen molar-refractivity contribution in [2.75, 3.05) is 10.2 Å². The average Bonchev–Trinajstić information content (AvgIpc) is 2.97. The maximum absolute atomic E-state index is 13.6. The third-order valence-electron chi connectivity index (χ3n) is 4.35. The molecule has 2 amide bonds. The van der Waals surface area contributed by atoms with Gasteiger partial charge in [0.2, 0.25) is 0 Å². The first-order valence-electron chi connectivity index (χ1n) is 8.87. The number of carbonyl (C=O) groups excluding carboxylic acids is 2. The SMILES string of the molecule is O=C1C(Nc2ccc(Br)cc2)=C(Sc2ccc(Cl)cc2)C(=O)N1c1ccc(F)c(Cl)c1. The van der Waals surface area contributed by atoms with Gasteiger partial charge in [-0.15, -0.1) is 0 Å². The molecule has 1 N–H and O–H groups in total. The number of thioether (sulfide) groups is 1. The molecule has 1 aliphatic heterocycles. The fourth-order valence-corrected chi connectivity index (χ4v) is 4.36. The summed E-state index contributed by atoms with van der Waals surface area (Å²) in [5, 5.41) is 3.43. The highest BCUT2D eigenvalue weighted by molar-refractivity contribution is 9.10. The van der Waals surface area contributed by atoms with E-state index in [4.69, 9.17) is 23.2 Å². The normalized spacial score (nSPS) is 13.9. The third kappa shape index (κ3) is 4.65. The molecule has 1 aliphatic rings. The number of amides is 2. The summed E-state index contributed by atoms with van der Waals surface area (Å²) < 4.78 is 14.5. The number of imide groups is 1. The minimum absolute atomic E-state index is 0.118. The van der Waals surface area contributed by atoms with Crippen molar-refractivity contribution in [3.05, 3.63) is 97.7 Å². The molecule has 3 aromatic rings. The summed E-state index contributed by atoms with van der Waals surface area (Å²) in [7, 11) is 0.